The third-order valence-corrected chi connectivity index (χ3v) is 4.77. The third-order valence-electron chi connectivity index (χ3n) is 4.77. The number of ether oxygens (including phenoxy) is 1. The molecule has 3 N–H and O–H groups in total. The van der Waals surface area contributed by atoms with E-state index in [1.54, 1.807) is 0 Å². The highest BCUT2D eigenvalue weighted by molar-refractivity contribution is 5.94. The van der Waals surface area contributed by atoms with E-state index in [9.17, 15) is 4.79 Å². The van der Waals surface area contributed by atoms with Gasteiger partial charge in [-0.25, -0.2) is 0 Å². The summed E-state index contributed by atoms with van der Waals surface area (Å²) in [7, 11) is 0. The molecule has 2 aromatic rings. The fourth-order valence-electron chi connectivity index (χ4n) is 3.54. The summed E-state index contributed by atoms with van der Waals surface area (Å²) in [6, 6.07) is 11.9. The molecule has 4 nitrogen and oxygen atoms in total. The number of carbonyl (C=O) groups is 1. The topological polar surface area (TPSA) is 64.3 Å². The van der Waals surface area contributed by atoms with Crippen molar-refractivity contribution in [2.75, 3.05) is 5.73 Å². The van der Waals surface area contributed by atoms with Gasteiger partial charge < -0.3 is 15.8 Å². The summed E-state index contributed by atoms with van der Waals surface area (Å²) in [5.41, 5.74) is 12.1. The summed E-state index contributed by atoms with van der Waals surface area (Å²) in [6.07, 6.45) is 3.07. The van der Waals surface area contributed by atoms with E-state index in [-0.39, 0.29) is 24.4 Å². The van der Waals surface area contributed by atoms with Crippen LogP contribution in [0, 0.1) is 0 Å². The van der Waals surface area contributed by atoms with E-state index < -0.39 is 0 Å². The van der Waals surface area contributed by atoms with Gasteiger partial charge in [0.1, 0.15) is 0 Å². The Balaban J connectivity index is 0.00000169. The molecule has 0 aromatic heterocycles. The van der Waals surface area contributed by atoms with Gasteiger partial charge in [0, 0.05) is 11.3 Å². The van der Waals surface area contributed by atoms with Crippen LogP contribution in [0.1, 0.15) is 51.5 Å². The molecule has 2 aliphatic rings. The Hall–Kier alpha value is -2.04. The number of benzene rings is 2. The summed E-state index contributed by atoms with van der Waals surface area (Å²) < 4.78 is 5.41. The van der Waals surface area contributed by atoms with E-state index in [4.69, 9.17) is 10.5 Å². The van der Waals surface area contributed by atoms with Gasteiger partial charge in [0.25, 0.3) is 5.91 Å². The van der Waals surface area contributed by atoms with Crippen molar-refractivity contribution < 1.29 is 9.53 Å². The van der Waals surface area contributed by atoms with E-state index in [0.717, 1.165) is 30.5 Å². The molecule has 0 fully saturated rings. The predicted octanol–water partition coefficient (Wildman–Crippen LogP) is 3.53. The van der Waals surface area contributed by atoms with Gasteiger partial charge >= 0.3 is 0 Å². The summed E-state index contributed by atoms with van der Waals surface area (Å²) in [5, 5.41) is 3.18. The summed E-state index contributed by atoms with van der Waals surface area (Å²) >= 11 is 0. The molecule has 126 valence electrons. The van der Waals surface area contributed by atoms with Gasteiger partial charge in [-0.15, -0.1) is 12.4 Å². The highest BCUT2D eigenvalue weighted by atomic mass is 35.5. The minimum Gasteiger partial charge on any atom is -0.399 e. The van der Waals surface area contributed by atoms with E-state index in [1.807, 2.05) is 36.4 Å². The maximum atomic E-state index is 12.6. The summed E-state index contributed by atoms with van der Waals surface area (Å²) in [5.74, 6) is -0.0191. The highest BCUT2D eigenvalue weighted by Gasteiger charge is 2.23. The van der Waals surface area contributed by atoms with E-state index in [1.165, 1.54) is 16.7 Å². The normalized spacial score (nSPS) is 18.2. The second kappa shape index (κ2) is 6.83. The van der Waals surface area contributed by atoms with Gasteiger partial charge in [-0.1, -0.05) is 12.1 Å². The largest absolute Gasteiger partial charge is 0.399 e. The summed E-state index contributed by atoms with van der Waals surface area (Å²) in [6.45, 7) is 1.25. The van der Waals surface area contributed by atoms with Crippen molar-refractivity contribution in [2.24, 2.45) is 0 Å². The third kappa shape index (κ3) is 3.12. The van der Waals surface area contributed by atoms with Gasteiger partial charge in [-0.3, -0.25) is 4.79 Å². The highest BCUT2D eigenvalue weighted by Crippen LogP contribution is 2.31. The molecule has 5 heteroatoms. The molecule has 0 saturated heterocycles. The van der Waals surface area contributed by atoms with E-state index >= 15 is 0 Å². The SMILES string of the molecule is Cl.Nc1ccc2c(c1)CCCC2NC(=O)c1ccc2c(c1)COC2. The molecule has 1 amide bonds. The lowest BCUT2D eigenvalue weighted by Gasteiger charge is -2.26. The number of carbonyl (C=O) groups excluding carboxylic acids is 1. The number of hydrogen-bond acceptors (Lipinski definition) is 3. The van der Waals surface area contributed by atoms with Crippen LogP contribution >= 0.6 is 12.4 Å². The average Bonchev–Trinajstić information content (AvgIpc) is 3.02. The van der Waals surface area contributed by atoms with Crippen LogP contribution < -0.4 is 11.1 Å². The Bertz CT molecular complexity index is 776. The molecule has 1 aliphatic carbocycles. The molecule has 1 aliphatic heterocycles. The van der Waals surface area contributed by atoms with Crippen molar-refractivity contribution in [3.8, 4) is 0 Å². The van der Waals surface area contributed by atoms with Crippen LogP contribution in [0.2, 0.25) is 0 Å². The van der Waals surface area contributed by atoms with Gasteiger partial charge in [-0.2, -0.15) is 0 Å². The zero-order chi connectivity index (χ0) is 15.8. The molecule has 4 rings (SSSR count). The van der Waals surface area contributed by atoms with Crippen molar-refractivity contribution in [2.45, 2.75) is 38.5 Å². The van der Waals surface area contributed by atoms with Crippen molar-refractivity contribution in [1.29, 1.82) is 0 Å². The fraction of sp³-hybridized carbons (Fsp3) is 0.316. The Kier molecular flexibility index (Phi) is 4.78. The lowest BCUT2D eigenvalue weighted by molar-refractivity contribution is 0.0932. The maximum Gasteiger partial charge on any atom is 0.251 e. The smallest absolute Gasteiger partial charge is 0.251 e. The van der Waals surface area contributed by atoms with Crippen molar-refractivity contribution in [3.05, 3.63) is 64.2 Å². The number of amides is 1. The monoisotopic (exact) mass is 344 g/mol. The first kappa shape index (κ1) is 16.8. The Labute approximate surface area is 147 Å². The van der Waals surface area contributed by atoms with E-state index in [0.29, 0.717) is 18.8 Å². The molecule has 0 spiro atoms. The second-order valence-electron chi connectivity index (χ2n) is 6.35. The minimum atomic E-state index is -0.0191. The van der Waals surface area contributed by atoms with Crippen molar-refractivity contribution in [1.82, 2.24) is 5.32 Å². The fourth-order valence-corrected chi connectivity index (χ4v) is 3.54. The molecule has 1 unspecified atom stereocenters. The van der Waals surface area contributed by atoms with Crippen LogP contribution in [0.4, 0.5) is 5.69 Å². The second-order valence-corrected chi connectivity index (χ2v) is 6.35. The number of rotatable bonds is 2. The Morgan fingerprint density at radius 3 is 2.79 bits per heavy atom. The first-order chi connectivity index (χ1) is 11.2. The summed E-state index contributed by atoms with van der Waals surface area (Å²) in [4.78, 5) is 12.6. The molecule has 1 heterocycles. The van der Waals surface area contributed by atoms with Crippen LogP contribution in [0.5, 0.6) is 0 Å². The van der Waals surface area contributed by atoms with Gasteiger partial charge in [0.2, 0.25) is 0 Å². The standard InChI is InChI=1S/C19H20N2O2.ClH/c20-16-6-7-17-12(9-16)2-1-3-18(17)21-19(22)13-4-5-14-10-23-11-15(14)8-13;/h4-9,18H,1-3,10-11,20H2,(H,21,22);1H. The number of aryl methyl sites for hydroxylation is 1. The van der Waals surface area contributed by atoms with Crippen LogP contribution in [0.25, 0.3) is 0 Å². The van der Waals surface area contributed by atoms with Gasteiger partial charge in [0.05, 0.1) is 19.3 Å². The zero-order valence-corrected chi connectivity index (χ0v) is 14.2. The molecule has 2 aromatic carbocycles. The van der Waals surface area contributed by atoms with Crippen LogP contribution in [-0.4, -0.2) is 5.91 Å². The molecule has 0 bridgehead atoms. The lowest BCUT2D eigenvalue weighted by Crippen LogP contribution is -2.31. The van der Waals surface area contributed by atoms with Crippen LogP contribution in [-0.2, 0) is 24.4 Å². The Morgan fingerprint density at radius 1 is 1.08 bits per heavy atom. The maximum absolute atomic E-state index is 12.6. The number of nitrogen functional groups attached to an aromatic ring is 1. The number of hydrogen-bond donors (Lipinski definition) is 2. The van der Waals surface area contributed by atoms with Crippen molar-refractivity contribution in [3.63, 3.8) is 0 Å². The van der Waals surface area contributed by atoms with Gasteiger partial charge in [-0.05, 0) is 65.8 Å². The number of fused-ring (bicyclic) bond motifs is 2. The molecule has 24 heavy (non-hydrogen) atoms. The number of nitrogens with two attached hydrogens (primary N) is 1. The number of nitrogens with one attached hydrogen (secondary N) is 1. The number of anilines is 1. The zero-order valence-electron chi connectivity index (χ0n) is 13.4. The minimum absolute atomic E-state index is 0. The average molecular weight is 345 g/mol. The van der Waals surface area contributed by atoms with Crippen LogP contribution in [0.15, 0.2) is 36.4 Å². The van der Waals surface area contributed by atoms with E-state index in [2.05, 4.69) is 5.32 Å². The first-order valence-electron chi connectivity index (χ1n) is 8.09. The Morgan fingerprint density at radius 2 is 1.92 bits per heavy atom. The quantitative estimate of drug-likeness (QED) is 0.819. The predicted molar refractivity (Wildman–Crippen MR) is 96.2 cm³/mol. The molecular weight excluding hydrogens is 324 g/mol. The number of halogens is 1. The van der Waals surface area contributed by atoms with Crippen LogP contribution in [0.3, 0.4) is 0 Å². The molecule has 1 atom stereocenters. The molecule has 0 radical (unpaired) electrons. The lowest BCUT2D eigenvalue weighted by atomic mass is 9.87. The van der Waals surface area contributed by atoms with Gasteiger partial charge in [0.15, 0.2) is 0 Å². The molecule has 0 saturated carbocycles. The van der Waals surface area contributed by atoms with Crippen molar-refractivity contribution >= 4 is 24.0 Å². The first-order valence-corrected chi connectivity index (χ1v) is 8.09. The molecular formula is C19H21ClN2O2.